The molecule has 1 aromatic rings. The van der Waals surface area contributed by atoms with Crippen molar-refractivity contribution in [1.29, 1.82) is 0 Å². The summed E-state index contributed by atoms with van der Waals surface area (Å²) in [6, 6.07) is 5.22. The third-order valence-corrected chi connectivity index (χ3v) is 3.55. The molecule has 0 fully saturated rings. The summed E-state index contributed by atoms with van der Waals surface area (Å²) in [4.78, 5) is 22.5. The van der Waals surface area contributed by atoms with E-state index >= 15 is 0 Å². The molecule has 1 aliphatic heterocycles. The van der Waals surface area contributed by atoms with Gasteiger partial charge in [0.25, 0.3) is 0 Å². The van der Waals surface area contributed by atoms with Crippen molar-refractivity contribution in [1.82, 2.24) is 0 Å². The van der Waals surface area contributed by atoms with Gasteiger partial charge in [-0.05, 0) is 19.1 Å². The standard InChI is InChI=1S/C17H20O6/c1-10-4-5-15(20)14(8-10)13-6-7-21-16(9-22-11(2)18)17(13)23-12(3)19/h4-8,13,16-17,20H,9H2,1-3H3/t13-,16-,17+/m1/s1. The molecule has 124 valence electrons. The number of carbonyl (C=O) groups is 2. The van der Waals surface area contributed by atoms with Crippen LogP contribution in [0, 0.1) is 6.92 Å². The lowest BCUT2D eigenvalue weighted by Gasteiger charge is -2.34. The molecule has 0 radical (unpaired) electrons. The molecule has 6 nitrogen and oxygen atoms in total. The zero-order valence-corrected chi connectivity index (χ0v) is 13.3. The summed E-state index contributed by atoms with van der Waals surface area (Å²) in [7, 11) is 0. The summed E-state index contributed by atoms with van der Waals surface area (Å²) < 4.78 is 15.8. The molecule has 0 saturated carbocycles. The molecular weight excluding hydrogens is 300 g/mol. The number of hydrogen-bond donors (Lipinski definition) is 1. The summed E-state index contributed by atoms with van der Waals surface area (Å²) in [6.07, 6.45) is 1.84. The monoisotopic (exact) mass is 320 g/mol. The molecule has 23 heavy (non-hydrogen) atoms. The second-order valence-corrected chi connectivity index (χ2v) is 5.47. The van der Waals surface area contributed by atoms with Crippen molar-refractivity contribution >= 4 is 11.9 Å². The molecule has 0 amide bonds. The van der Waals surface area contributed by atoms with E-state index in [0.717, 1.165) is 5.56 Å². The molecule has 3 atom stereocenters. The summed E-state index contributed by atoms with van der Waals surface area (Å²) >= 11 is 0. The average molecular weight is 320 g/mol. The molecule has 6 heteroatoms. The van der Waals surface area contributed by atoms with Crippen molar-refractivity contribution in [3.05, 3.63) is 41.7 Å². The fourth-order valence-electron chi connectivity index (χ4n) is 2.55. The number of aryl methyl sites for hydroxylation is 1. The van der Waals surface area contributed by atoms with Crippen LogP contribution in [0.4, 0.5) is 0 Å². The number of rotatable bonds is 4. The number of esters is 2. The van der Waals surface area contributed by atoms with Crippen LogP contribution in [0.3, 0.4) is 0 Å². The molecule has 1 aromatic carbocycles. The van der Waals surface area contributed by atoms with Crippen LogP contribution < -0.4 is 0 Å². The summed E-state index contributed by atoms with van der Waals surface area (Å²) in [5, 5.41) is 10.1. The van der Waals surface area contributed by atoms with E-state index in [4.69, 9.17) is 14.2 Å². The normalized spacial score (nSPS) is 23.0. The van der Waals surface area contributed by atoms with Crippen LogP contribution in [-0.4, -0.2) is 35.9 Å². The van der Waals surface area contributed by atoms with Gasteiger partial charge in [-0.15, -0.1) is 0 Å². The van der Waals surface area contributed by atoms with Crippen LogP contribution >= 0.6 is 0 Å². The topological polar surface area (TPSA) is 82.1 Å². The molecule has 0 saturated heterocycles. The van der Waals surface area contributed by atoms with E-state index in [1.807, 2.05) is 13.0 Å². The maximum absolute atomic E-state index is 11.5. The molecule has 0 bridgehead atoms. The number of hydrogen-bond acceptors (Lipinski definition) is 6. The van der Waals surface area contributed by atoms with Crippen molar-refractivity contribution in [2.75, 3.05) is 6.61 Å². The first kappa shape index (κ1) is 16.9. The lowest BCUT2D eigenvalue weighted by atomic mass is 9.87. The van der Waals surface area contributed by atoms with Gasteiger partial charge in [-0.1, -0.05) is 17.7 Å². The van der Waals surface area contributed by atoms with Crippen LogP contribution in [0.1, 0.15) is 30.9 Å². The van der Waals surface area contributed by atoms with Gasteiger partial charge in [0.05, 0.1) is 6.26 Å². The second kappa shape index (κ2) is 7.17. The lowest BCUT2D eigenvalue weighted by Crippen LogP contribution is -2.42. The first-order valence-electron chi connectivity index (χ1n) is 7.30. The summed E-state index contributed by atoms with van der Waals surface area (Å²) in [5.74, 6) is -1.21. The Hall–Kier alpha value is -2.50. The number of aromatic hydroxyl groups is 1. The van der Waals surface area contributed by atoms with Crippen LogP contribution in [-0.2, 0) is 23.8 Å². The zero-order valence-electron chi connectivity index (χ0n) is 13.3. The Labute approximate surface area is 134 Å². The Morgan fingerprint density at radius 3 is 2.65 bits per heavy atom. The highest BCUT2D eigenvalue weighted by atomic mass is 16.6. The van der Waals surface area contributed by atoms with Crippen molar-refractivity contribution < 1.29 is 28.9 Å². The Morgan fingerprint density at radius 1 is 1.26 bits per heavy atom. The van der Waals surface area contributed by atoms with E-state index in [-0.39, 0.29) is 12.4 Å². The largest absolute Gasteiger partial charge is 0.508 e. The molecule has 1 N–H and O–H groups in total. The van der Waals surface area contributed by atoms with E-state index in [2.05, 4.69) is 0 Å². The molecule has 1 heterocycles. The number of benzene rings is 1. The van der Waals surface area contributed by atoms with Gasteiger partial charge in [0.1, 0.15) is 12.4 Å². The van der Waals surface area contributed by atoms with Crippen molar-refractivity contribution in [2.24, 2.45) is 0 Å². The molecule has 2 rings (SSSR count). The fourth-order valence-corrected chi connectivity index (χ4v) is 2.55. The predicted octanol–water partition coefficient (Wildman–Crippen LogP) is 2.19. The molecule has 0 aliphatic carbocycles. The molecule has 0 unspecified atom stereocenters. The first-order valence-corrected chi connectivity index (χ1v) is 7.30. The number of phenols is 1. The van der Waals surface area contributed by atoms with E-state index in [1.165, 1.54) is 20.1 Å². The third kappa shape index (κ3) is 4.25. The van der Waals surface area contributed by atoms with Gasteiger partial charge < -0.3 is 19.3 Å². The summed E-state index contributed by atoms with van der Waals surface area (Å²) in [5.41, 5.74) is 1.60. The number of ether oxygens (including phenoxy) is 3. The summed E-state index contributed by atoms with van der Waals surface area (Å²) in [6.45, 7) is 4.46. The fraction of sp³-hybridized carbons (Fsp3) is 0.412. The van der Waals surface area contributed by atoms with Crippen LogP contribution in [0.25, 0.3) is 0 Å². The van der Waals surface area contributed by atoms with Gasteiger partial charge >= 0.3 is 11.9 Å². The van der Waals surface area contributed by atoms with E-state index in [1.54, 1.807) is 18.2 Å². The number of phenolic OH excluding ortho intramolecular Hbond substituents is 1. The smallest absolute Gasteiger partial charge is 0.303 e. The highest BCUT2D eigenvalue weighted by Gasteiger charge is 2.37. The van der Waals surface area contributed by atoms with Crippen molar-refractivity contribution in [2.45, 2.75) is 38.9 Å². The minimum Gasteiger partial charge on any atom is -0.508 e. The predicted molar refractivity (Wildman–Crippen MR) is 81.8 cm³/mol. The van der Waals surface area contributed by atoms with Crippen molar-refractivity contribution in [3.8, 4) is 5.75 Å². The zero-order chi connectivity index (χ0) is 17.0. The van der Waals surface area contributed by atoms with Crippen LogP contribution in [0.15, 0.2) is 30.5 Å². The van der Waals surface area contributed by atoms with Gasteiger partial charge in [0.2, 0.25) is 0 Å². The number of carbonyl (C=O) groups excluding carboxylic acids is 2. The molecule has 0 aromatic heterocycles. The van der Waals surface area contributed by atoms with Gasteiger partial charge in [0.15, 0.2) is 12.2 Å². The Bertz CT molecular complexity index is 622. The highest BCUT2D eigenvalue weighted by Crippen LogP contribution is 2.36. The van der Waals surface area contributed by atoms with Gasteiger partial charge in [-0.2, -0.15) is 0 Å². The van der Waals surface area contributed by atoms with Crippen molar-refractivity contribution in [3.63, 3.8) is 0 Å². The minimum atomic E-state index is -0.704. The van der Waals surface area contributed by atoms with Gasteiger partial charge in [-0.3, -0.25) is 9.59 Å². The highest BCUT2D eigenvalue weighted by molar-refractivity contribution is 5.67. The maximum Gasteiger partial charge on any atom is 0.303 e. The van der Waals surface area contributed by atoms with E-state index < -0.39 is 30.1 Å². The molecule has 0 spiro atoms. The Balaban J connectivity index is 2.33. The van der Waals surface area contributed by atoms with Crippen LogP contribution in [0.2, 0.25) is 0 Å². The lowest BCUT2D eigenvalue weighted by molar-refractivity contribution is -0.161. The molecular formula is C17H20O6. The SMILES string of the molecule is CC(=O)OC[C@H]1OC=C[C@H](c2cc(C)ccc2O)[C@@H]1OC(C)=O. The second-order valence-electron chi connectivity index (χ2n) is 5.47. The Morgan fingerprint density at radius 2 is 2.00 bits per heavy atom. The maximum atomic E-state index is 11.5. The van der Waals surface area contributed by atoms with Crippen LogP contribution in [0.5, 0.6) is 5.75 Å². The average Bonchev–Trinajstić information content (AvgIpc) is 2.48. The minimum absolute atomic E-state index is 0.0410. The third-order valence-electron chi connectivity index (χ3n) is 3.55. The Kier molecular flexibility index (Phi) is 5.26. The van der Waals surface area contributed by atoms with Gasteiger partial charge in [-0.25, -0.2) is 0 Å². The first-order chi connectivity index (χ1) is 10.9. The van der Waals surface area contributed by atoms with E-state index in [0.29, 0.717) is 5.56 Å². The van der Waals surface area contributed by atoms with Gasteiger partial charge in [0, 0.05) is 25.3 Å². The molecule has 1 aliphatic rings. The van der Waals surface area contributed by atoms with E-state index in [9.17, 15) is 14.7 Å². The quantitative estimate of drug-likeness (QED) is 0.856.